The van der Waals surface area contributed by atoms with Crippen LogP contribution in [0.1, 0.15) is 47.2 Å². The second kappa shape index (κ2) is 11.1. The van der Waals surface area contributed by atoms with E-state index in [1.54, 1.807) is 18.3 Å². The molecule has 6 rings (SSSR count). The van der Waals surface area contributed by atoms with Gasteiger partial charge in [-0.1, -0.05) is 43.2 Å². The molecular weight excluding hydrogens is 510 g/mol. The maximum atomic E-state index is 13.3. The summed E-state index contributed by atoms with van der Waals surface area (Å²) in [6.45, 7) is 2.12. The summed E-state index contributed by atoms with van der Waals surface area (Å²) >= 11 is -2.35. The van der Waals surface area contributed by atoms with Crippen LogP contribution in [-0.2, 0) is 30.8 Å². The zero-order valence-electron chi connectivity index (χ0n) is 21.6. The zero-order chi connectivity index (χ0) is 26.8. The summed E-state index contributed by atoms with van der Waals surface area (Å²) < 4.78 is 26.0. The molecule has 0 radical (unpaired) electrons. The zero-order valence-corrected chi connectivity index (χ0v) is 22.4. The van der Waals surface area contributed by atoms with Crippen LogP contribution in [-0.4, -0.2) is 40.9 Å². The van der Waals surface area contributed by atoms with Crippen molar-refractivity contribution < 1.29 is 13.6 Å². The van der Waals surface area contributed by atoms with Gasteiger partial charge < -0.3 is 14.2 Å². The minimum atomic E-state index is -2.35. The van der Waals surface area contributed by atoms with Gasteiger partial charge in [-0.15, -0.1) is 0 Å². The maximum absolute atomic E-state index is 13.3. The Morgan fingerprint density at radius 3 is 2.64 bits per heavy atom. The third kappa shape index (κ3) is 5.65. The highest BCUT2D eigenvalue weighted by Gasteiger charge is 2.28. The molecule has 1 atom stereocenters. The van der Waals surface area contributed by atoms with Crippen molar-refractivity contribution >= 4 is 22.9 Å². The second-order valence-electron chi connectivity index (χ2n) is 10.4. The van der Waals surface area contributed by atoms with Gasteiger partial charge in [0.15, 0.2) is 0 Å². The first-order chi connectivity index (χ1) is 19.0. The first kappa shape index (κ1) is 25.5. The number of carbonyl (C=O) groups is 1. The van der Waals surface area contributed by atoms with Crippen molar-refractivity contribution in [3.8, 4) is 22.4 Å². The van der Waals surface area contributed by atoms with Crippen LogP contribution in [0.3, 0.4) is 0 Å². The van der Waals surface area contributed by atoms with Gasteiger partial charge in [-0.05, 0) is 60.6 Å². The second-order valence-corrected chi connectivity index (χ2v) is 11.1. The van der Waals surface area contributed by atoms with E-state index in [2.05, 4.69) is 32.8 Å². The fourth-order valence-electron chi connectivity index (χ4n) is 5.72. The number of benzene rings is 2. The van der Waals surface area contributed by atoms with Crippen molar-refractivity contribution in [1.82, 2.24) is 19.7 Å². The van der Waals surface area contributed by atoms with Gasteiger partial charge in [0.1, 0.15) is 0 Å². The summed E-state index contributed by atoms with van der Waals surface area (Å²) in [5, 5.41) is 4.63. The van der Waals surface area contributed by atoms with Gasteiger partial charge in [-0.25, -0.2) is 0 Å². The Labute approximate surface area is 230 Å². The van der Waals surface area contributed by atoms with E-state index >= 15 is 0 Å². The van der Waals surface area contributed by atoms with Gasteiger partial charge >= 0.3 is 0 Å². The molecule has 4 aromatic rings. The van der Waals surface area contributed by atoms with E-state index < -0.39 is 11.3 Å². The van der Waals surface area contributed by atoms with Gasteiger partial charge in [-0.2, -0.15) is 5.10 Å². The molecule has 39 heavy (non-hydrogen) atoms. The minimum Gasteiger partial charge on any atom is -0.755 e. The van der Waals surface area contributed by atoms with E-state index in [0.29, 0.717) is 31.1 Å². The summed E-state index contributed by atoms with van der Waals surface area (Å²) in [4.78, 5) is 19.9. The first-order valence-corrected chi connectivity index (χ1v) is 14.5. The number of nitrogens with one attached hydrogen (secondary N) is 1. The molecule has 0 saturated heterocycles. The van der Waals surface area contributed by atoms with Gasteiger partial charge in [0.25, 0.3) is 5.91 Å². The Hall–Kier alpha value is -3.82. The highest BCUT2D eigenvalue weighted by molar-refractivity contribution is 7.80. The lowest BCUT2D eigenvalue weighted by Crippen LogP contribution is -2.26. The molecule has 2 aromatic carbocycles. The van der Waals surface area contributed by atoms with E-state index in [0.717, 1.165) is 45.6 Å². The average molecular weight is 541 g/mol. The molecule has 200 valence electrons. The molecule has 1 unspecified atom stereocenters. The standard InChI is InChI=1S/C30H31N5O3S/c36-30-28-16-23(9-10-24(28)19-34(30)15-13-21-7-11-26(12-8-21)33-39(37)38)29-27(6-3-14-31-29)25-17-32-35(20-25)18-22-4-1-2-5-22/h3,6-12,14,16-17,20,22,33H,1-2,4-5,13,15,18-19H2,(H,37,38)/p-1. The third-order valence-electron chi connectivity index (χ3n) is 7.76. The van der Waals surface area contributed by atoms with Crippen LogP contribution in [0.25, 0.3) is 22.4 Å². The molecule has 3 heterocycles. The van der Waals surface area contributed by atoms with Crippen molar-refractivity contribution in [1.29, 1.82) is 0 Å². The summed E-state index contributed by atoms with van der Waals surface area (Å²) in [5.74, 6) is 0.734. The fourth-order valence-corrected chi connectivity index (χ4v) is 6.05. The fraction of sp³-hybridized carbons (Fsp3) is 0.300. The summed E-state index contributed by atoms with van der Waals surface area (Å²) in [6, 6.07) is 17.3. The minimum absolute atomic E-state index is 0.0220. The molecule has 9 heteroatoms. The number of nitrogens with zero attached hydrogens (tertiary/aromatic N) is 4. The molecule has 1 fully saturated rings. The Morgan fingerprint density at radius 1 is 1.03 bits per heavy atom. The quantitative estimate of drug-likeness (QED) is 0.294. The summed E-state index contributed by atoms with van der Waals surface area (Å²) in [6.07, 6.45) is 11.7. The molecule has 1 aliphatic carbocycles. The Balaban J connectivity index is 1.17. The number of rotatable bonds is 9. The van der Waals surface area contributed by atoms with Gasteiger partial charge in [0.2, 0.25) is 0 Å². The molecule has 1 saturated carbocycles. The van der Waals surface area contributed by atoms with Crippen molar-refractivity contribution in [2.45, 2.75) is 45.2 Å². The SMILES string of the molecule is O=C1c2cc(-c3ncccc3-c3cnn(CC4CCCC4)c3)ccc2CN1CCc1ccc(NS(=O)[O-])cc1. The molecule has 1 amide bonds. The predicted octanol–water partition coefficient (Wildman–Crippen LogP) is 5.21. The molecule has 1 aliphatic heterocycles. The Morgan fingerprint density at radius 2 is 1.85 bits per heavy atom. The van der Waals surface area contributed by atoms with E-state index in [9.17, 15) is 13.6 Å². The molecular formula is C30H30N5O3S-. The number of fused-ring (bicyclic) bond motifs is 1. The highest BCUT2D eigenvalue weighted by atomic mass is 32.2. The van der Waals surface area contributed by atoms with Crippen LogP contribution >= 0.6 is 0 Å². The van der Waals surface area contributed by atoms with Gasteiger partial charge in [0, 0.05) is 71.2 Å². The molecule has 0 spiro atoms. The van der Waals surface area contributed by atoms with Crippen LogP contribution in [0.15, 0.2) is 73.2 Å². The first-order valence-electron chi connectivity index (χ1n) is 13.4. The number of anilines is 1. The molecule has 1 N–H and O–H groups in total. The predicted molar refractivity (Wildman–Crippen MR) is 150 cm³/mol. The summed E-state index contributed by atoms with van der Waals surface area (Å²) in [5.41, 5.74) is 7.10. The van der Waals surface area contributed by atoms with Gasteiger partial charge in [-0.3, -0.25) is 18.7 Å². The van der Waals surface area contributed by atoms with Crippen LogP contribution in [0.5, 0.6) is 0 Å². The van der Waals surface area contributed by atoms with Crippen LogP contribution in [0, 0.1) is 5.92 Å². The number of pyridine rings is 1. The third-order valence-corrected chi connectivity index (χ3v) is 8.16. The van der Waals surface area contributed by atoms with Crippen LogP contribution < -0.4 is 4.72 Å². The Bertz CT molecular complexity index is 1510. The van der Waals surface area contributed by atoms with E-state index in [1.807, 2.05) is 41.4 Å². The van der Waals surface area contributed by atoms with Crippen molar-refractivity contribution in [2.24, 2.45) is 5.92 Å². The largest absolute Gasteiger partial charge is 0.755 e. The van der Waals surface area contributed by atoms with E-state index in [-0.39, 0.29) is 5.91 Å². The van der Waals surface area contributed by atoms with E-state index in [1.165, 1.54) is 25.7 Å². The monoisotopic (exact) mass is 540 g/mol. The number of hydrogen-bond acceptors (Lipinski definition) is 5. The summed E-state index contributed by atoms with van der Waals surface area (Å²) in [7, 11) is 0. The topological polar surface area (TPSA) is 103 Å². The van der Waals surface area contributed by atoms with Crippen molar-refractivity contribution in [2.75, 3.05) is 11.3 Å². The van der Waals surface area contributed by atoms with Crippen LogP contribution in [0.2, 0.25) is 0 Å². The normalized spacial score (nSPS) is 16.0. The number of hydrogen-bond donors (Lipinski definition) is 1. The molecule has 8 nitrogen and oxygen atoms in total. The molecule has 2 aromatic heterocycles. The number of aromatic nitrogens is 3. The van der Waals surface area contributed by atoms with Crippen molar-refractivity contribution in [3.63, 3.8) is 0 Å². The van der Waals surface area contributed by atoms with Gasteiger partial charge in [0.05, 0.1) is 11.9 Å². The lowest BCUT2D eigenvalue weighted by atomic mass is 9.98. The molecule has 0 bridgehead atoms. The lowest BCUT2D eigenvalue weighted by Gasteiger charge is -2.16. The number of carbonyl (C=O) groups excluding carboxylic acids is 1. The Kier molecular flexibility index (Phi) is 7.26. The highest BCUT2D eigenvalue weighted by Crippen LogP contribution is 2.34. The number of amides is 1. The maximum Gasteiger partial charge on any atom is 0.254 e. The molecule has 2 aliphatic rings. The average Bonchev–Trinajstić information content (AvgIpc) is 3.70. The van der Waals surface area contributed by atoms with Crippen molar-refractivity contribution in [3.05, 3.63) is 89.9 Å². The lowest BCUT2D eigenvalue weighted by molar-refractivity contribution is 0.0780. The van der Waals surface area contributed by atoms with E-state index in [4.69, 9.17) is 4.98 Å². The van der Waals surface area contributed by atoms with Crippen LogP contribution in [0.4, 0.5) is 5.69 Å². The smallest absolute Gasteiger partial charge is 0.254 e.